The molecule has 30 heavy (non-hydrogen) atoms. The van der Waals surface area contributed by atoms with E-state index in [1.54, 1.807) is 11.3 Å². The SMILES string of the molecule is O=c1c(=Cc2cccs2)sc2n1C(c1ccccc1)C1=C(N=2)c2ccccc2CC1. The van der Waals surface area contributed by atoms with E-state index in [9.17, 15) is 4.79 Å². The summed E-state index contributed by atoms with van der Waals surface area (Å²) in [7, 11) is 0. The lowest BCUT2D eigenvalue weighted by Gasteiger charge is -2.30. The Morgan fingerprint density at radius 1 is 0.967 bits per heavy atom. The fourth-order valence-corrected chi connectivity index (χ4v) is 6.18. The van der Waals surface area contributed by atoms with Gasteiger partial charge in [-0.1, -0.05) is 72.0 Å². The van der Waals surface area contributed by atoms with Crippen LogP contribution in [0, 0.1) is 0 Å². The maximum absolute atomic E-state index is 13.5. The summed E-state index contributed by atoms with van der Waals surface area (Å²) in [6, 6.07) is 22.8. The molecule has 0 spiro atoms. The molecule has 0 amide bonds. The standard InChI is InChI=1S/C25H18N2OS2/c28-24-21(15-18-10-6-14-29-18)30-25-26-22-19-11-5-4-7-16(19)12-13-20(22)23(27(24)25)17-8-2-1-3-9-17/h1-11,14-15,23H,12-13H2. The van der Waals surface area contributed by atoms with Crippen LogP contribution in [0.4, 0.5) is 0 Å². The van der Waals surface area contributed by atoms with Crippen LogP contribution in [0.2, 0.25) is 0 Å². The second-order valence-electron chi connectivity index (χ2n) is 7.54. The molecular formula is C25H18N2OS2. The molecule has 0 saturated carbocycles. The highest BCUT2D eigenvalue weighted by molar-refractivity contribution is 7.11. The van der Waals surface area contributed by atoms with Gasteiger partial charge in [-0.3, -0.25) is 9.36 Å². The van der Waals surface area contributed by atoms with Gasteiger partial charge in [0.15, 0.2) is 4.80 Å². The van der Waals surface area contributed by atoms with Gasteiger partial charge in [-0.05, 0) is 47.1 Å². The number of nitrogens with zero attached hydrogens (tertiary/aromatic N) is 2. The third-order valence-electron chi connectivity index (χ3n) is 5.80. The molecule has 0 fully saturated rings. The Morgan fingerprint density at radius 2 is 1.80 bits per heavy atom. The number of hydrogen-bond donors (Lipinski definition) is 0. The van der Waals surface area contributed by atoms with Crippen LogP contribution >= 0.6 is 22.7 Å². The van der Waals surface area contributed by atoms with Gasteiger partial charge in [0.05, 0.1) is 16.3 Å². The second-order valence-corrected chi connectivity index (χ2v) is 9.53. The molecule has 6 rings (SSSR count). The lowest BCUT2D eigenvalue weighted by atomic mass is 9.83. The summed E-state index contributed by atoms with van der Waals surface area (Å²) in [5.74, 6) is 0. The monoisotopic (exact) mass is 426 g/mol. The molecule has 1 aliphatic heterocycles. The zero-order valence-electron chi connectivity index (χ0n) is 16.1. The first-order valence-electron chi connectivity index (χ1n) is 10.0. The van der Waals surface area contributed by atoms with Crippen LogP contribution in [0.25, 0.3) is 11.8 Å². The lowest BCUT2D eigenvalue weighted by Crippen LogP contribution is -2.38. The number of aromatic nitrogens is 1. The van der Waals surface area contributed by atoms with Crippen molar-refractivity contribution in [3.05, 3.63) is 119 Å². The summed E-state index contributed by atoms with van der Waals surface area (Å²) < 4.78 is 2.65. The summed E-state index contributed by atoms with van der Waals surface area (Å²) in [5.41, 5.74) is 6.03. The topological polar surface area (TPSA) is 34.4 Å². The molecule has 0 N–H and O–H groups in total. The summed E-state index contributed by atoms with van der Waals surface area (Å²) in [5, 5.41) is 2.03. The van der Waals surface area contributed by atoms with Gasteiger partial charge in [0, 0.05) is 10.4 Å². The van der Waals surface area contributed by atoms with E-state index in [0.717, 1.165) is 38.3 Å². The molecule has 2 aliphatic rings. The van der Waals surface area contributed by atoms with Gasteiger partial charge in [-0.2, -0.15) is 0 Å². The number of rotatable bonds is 2. The normalized spacial score (nSPS) is 17.9. The van der Waals surface area contributed by atoms with Crippen molar-refractivity contribution in [2.24, 2.45) is 4.99 Å². The van der Waals surface area contributed by atoms with E-state index in [4.69, 9.17) is 4.99 Å². The Hall–Kier alpha value is -3.02. The van der Waals surface area contributed by atoms with Gasteiger partial charge < -0.3 is 0 Å². The minimum absolute atomic E-state index is 0.0476. The highest BCUT2D eigenvalue weighted by atomic mass is 32.1. The second kappa shape index (κ2) is 7.04. The molecule has 2 aromatic heterocycles. The largest absolute Gasteiger partial charge is 0.272 e. The number of allylic oxidation sites excluding steroid dienone is 1. The average Bonchev–Trinajstić information content (AvgIpc) is 3.41. The Bertz CT molecular complexity index is 1460. The summed E-state index contributed by atoms with van der Waals surface area (Å²) in [6.07, 6.45) is 3.89. The first-order chi connectivity index (χ1) is 14.8. The minimum atomic E-state index is -0.101. The van der Waals surface area contributed by atoms with Gasteiger partial charge in [-0.25, -0.2) is 4.99 Å². The van der Waals surface area contributed by atoms with Crippen LogP contribution in [-0.2, 0) is 6.42 Å². The first-order valence-corrected chi connectivity index (χ1v) is 11.7. The van der Waals surface area contributed by atoms with Crippen molar-refractivity contribution in [1.82, 2.24) is 4.57 Å². The van der Waals surface area contributed by atoms with Gasteiger partial charge in [-0.15, -0.1) is 11.3 Å². The number of aryl methyl sites for hydroxylation is 1. The van der Waals surface area contributed by atoms with Crippen molar-refractivity contribution in [1.29, 1.82) is 0 Å². The van der Waals surface area contributed by atoms with Crippen molar-refractivity contribution >= 4 is 34.4 Å². The molecule has 3 heterocycles. The number of hydrogen-bond acceptors (Lipinski definition) is 4. The fourth-order valence-electron chi connectivity index (χ4n) is 4.46. The summed E-state index contributed by atoms with van der Waals surface area (Å²) in [4.78, 5) is 20.4. The number of thiazole rings is 1. The number of fused-ring (bicyclic) bond motifs is 3. The van der Waals surface area contributed by atoms with Crippen LogP contribution < -0.4 is 14.9 Å². The Balaban J connectivity index is 1.66. The number of benzene rings is 2. The zero-order valence-corrected chi connectivity index (χ0v) is 17.7. The first kappa shape index (κ1) is 17.8. The average molecular weight is 427 g/mol. The van der Waals surface area contributed by atoms with Crippen molar-refractivity contribution in [2.75, 3.05) is 0 Å². The van der Waals surface area contributed by atoms with Gasteiger partial charge >= 0.3 is 0 Å². The van der Waals surface area contributed by atoms with Crippen LogP contribution in [0.3, 0.4) is 0 Å². The smallest absolute Gasteiger partial charge is 0.271 e. The highest BCUT2D eigenvalue weighted by Crippen LogP contribution is 2.41. The van der Waals surface area contributed by atoms with Gasteiger partial charge in [0.25, 0.3) is 5.56 Å². The Kier molecular flexibility index (Phi) is 4.18. The van der Waals surface area contributed by atoms with Crippen LogP contribution in [-0.4, -0.2) is 4.57 Å². The van der Waals surface area contributed by atoms with Gasteiger partial charge in [0.2, 0.25) is 0 Å². The fraction of sp³-hybridized carbons (Fsp3) is 0.120. The van der Waals surface area contributed by atoms with Crippen LogP contribution in [0.5, 0.6) is 0 Å². The predicted octanol–water partition coefficient (Wildman–Crippen LogP) is 4.38. The zero-order chi connectivity index (χ0) is 20.1. The van der Waals surface area contributed by atoms with Crippen molar-refractivity contribution < 1.29 is 0 Å². The number of thiophene rings is 1. The molecule has 3 nitrogen and oxygen atoms in total. The molecule has 1 unspecified atom stereocenters. The Morgan fingerprint density at radius 3 is 2.63 bits per heavy atom. The summed E-state index contributed by atoms with van der Waals surface area (Å²) in [6.45, 7) is 0. The predicted molar refractivity (Wildman–Crippen MR) is 124 cm³/mol. The van der Waals surface area contributed by atoms with Crippen LogP contribution in [0.15, 0.2) is 87.5 Å². The molecule has 0 bridgehead atoms. The molecule has 4 aromatic rings. The molecule has 1 atom stereocenters. The summed E-state index contributed by atoms with van der Waals surface area (Å²) >= 11 is 3.13. The maximum Gasteiger partial charge on any atom is 0.271 e. The van der Waals surface area contributed by atoms with Crippen molar-refractivity contribution in [3.63, 3.8) is 0 Å². The molecule has 5 heteroatoms. The maximum atomic E-state index is 13.5. The van der Waals surface area contributed by atoms with E-state index >= 15 is 0 Å². The molecule has 0 saturated heterocycles. The highest BCUT2D eigenvalue weighted by Gasteiger charge is 2.32. The lowest BCUT2D eigenvalue weighted by molar-refractivity contribution is 0.585. The van der Waals surface area contributed by atoms with E-state index in [-0.39, 0.29) is 11.6 Å². The van der Waals surface area contributed by atoms with E-state index in [0.29, 0.717) is 0 Å². The van der Waals surface area contributed by atoms with Gasteiger partial charge in [0.1, 0.15) is 0 Å². The Labute approximate surface area is 181 Å². The third-order valence-corrected chi connectivity index (χ3v) is 7.61. The molecule has 1 aliphatic carbocycles. The quantitative estimate of drug-likeness (QED) is 0.468. The van der Waals surface area contributed by atoms with E-state index < -0.39 is 0 Å². The molecule has 0 radical (unpaired) electrons. The van der Waals surface area contributed by atoms with E-state index in [1.165, 1.54) is 28.0 Å². The van der Waals surface area contributed by atoms with Crippen LogP contribution in [0.1, 0.15) is 34.0 Å². The molecular weight excluding hydrogens is 408 g/mol. The van der Waals surface area contributed by atoms with Crippen molar-refractivity contribution in [3.8, 4) is 0 Å². The van der Waals surface area contributed by atoms with Crippen molar-refractivity contribution in [2.45, 2.75) is 18.9 Å². The van der Waals surface area contributed by atoms with E-state index in [2.05, 4.69) is 36.4 Å². The molecule has 2 aromatic carbocycles. The third kappa shape index (κ3) is 2.77. The van der Waals surface area contributed by atoms with E-state index in [1.807, 2.05) is 46.4 Å². The molecule has 146 valence electrons. The minimum Gasteiger partial charge on any atom is -0.272 e.